The third-order valence-corrected chi connectivity index (χ3v) is 4.15. The molecule has 1 fully saturated rings. The lowest BCUT2D eigenvalue weighted by atomic mass is 10.0. The van der Waals surface area contributed by atoms with Crippen molar-refractivity contribution in [2.45, 2.75) is 32.7 Å². The van der Waals surface area contributed by atoms with Gasteiger partial charge in [-0.25, -0.2) is 0 Å². The highest BCUT2D eigenvalue weighted by atomic mass is 32.1. The molecule has 1 aliphatic rings. The van der Waals surface area contributed by atoms with Crippen molar-refractivity contribution in [3.05, 3.63) is 16.6 Å². The Morgan fingerprint density at radius 1 is 1.71 bits per heavy atom. The van der Waals surface area contributed by atoms with E-state index in [0.29, 0.717) is 11.5 Å². The van der Waals surface area contributed by atoms with Crippen molar-refractivity contribution in [2.24, 2.45) is 11.3 Å². The van der Waals surface area contributed by atoms with Crippen LogP contribution in [0.2, 0.25) is 0 Å². The molecule has 2 rings (SSSR count). The zero-order valence-corrected chi connectivity index (χ0v) is 9.90. The molecule has 1 heterocycles. The van der Waals surface area contributed by atoms with Crippen molar-refractivity contribution >= 4 is 11.3 Å². The molecule has 0 bridgehead atoms. The third kappa shape index (κ3) is 1.98. The van der Waals surface area contributed by atoms with Gasteiger partial charge in [-0.3, -0.25) is 4.98 Å². The van der Waals surface area contributed by atoms with Crippen molar-refractivity contribution < 1.29 is 0 Å². The van der Waals surface area contributed by atoms with Crippen LogP contribution < -0.4 is 5.32 Å². The highest BCUT2D eigenvalue weighted by Gasteiger charge is 2.49. The van der Waals surface area contributed by atoms with Gasteiger partial charge in [-0.1, -0.05) is 13.8 Å². The molecule has 0 spiro atoms. The Labute approximate surface area is 89.8 Å². The van der Waals surface area contributed by atoms with E-state index in [4.69, 9.17) is 0 Å². The van der Waals surface area contributed by atoms with Gasteiger partial charge < -0.3 is 5.32 Å². The fraction of sp³-hybridized carbons (Fsp3) is 0.727. The zero-order valence-electron chi connectivity index (χ0n) is 9.08. The fourth-order valence-electron chi connectivity index (χ4n) is 2.20. The maximum absolute atomic E-state index is 4.12. The fourth-order valence-corrected chi connectivity index (χ4v) is 2.85. The van der Waals surface area contributed by atoms with Crippen LogP contribution in [0.1, 0.15) is 25.1 Å². The Morgan fingerprint density at radius 3 is 2.86 bits per heavy atom. The van der Waals surface area contributed by atoms with E-state index in [1.54, 1.807) is 11.3 Å². The Morgan fingerprint density at radius 2 is 2.43 bits per heavy atom. The first-order chi connectivity index (χ1) is 6.63. The number of likely N-dealkylation sites (N-methyl/N-ethyl adjacent to an activating group) is 1. The monoisotopic (exact) mass is 210 g/mol. The van der Waals surface area contributed by atoms with E-state index < -0.39 is 0 Å². The minimum Gasteiger partial charge on any atom is -0.316 e. The summed E-state index contributed by atoms with van der Waals surface area (Å²) in [6, 6.07) is 0.630. The maximum Gasteiger partial charge on any atom is 0.0794 e. The first-order valence-corrected chi connectivity index (χ1v) is 6.06. The zero-order chi connectivity index (χ0) is 10.2. The smallest absolute Gasteiger partial charge is 0.0794 e. The summed E-state index contributed by atoms with van der Waals surface area (Å²) >= 11 is 1.76. The first-order valence-electron chi connectivity index (χ1n) is 5.18. The molecule has 0 amide bonds. The summed E-state index contributed by atoms with van der Waals surface area (Å²) in [5.74, 6) is 0.842. The van der Waals surface area contributed by atoms with Gasteiger partial charge in [0.25, 0.3) is 0 Å². The number of nitrogens with one attached hydrogen (secondary N) is 1. The number of thiazole rings is 1. The van der Waals surface area contributed by atoms with Crippen LogP contribution in [-0.4, -0.2) is 18.1 Å². The molecule has 1 aliphatic carbocycles. The molecule has 2 nitrogen and oxygen atoms in total. The number of rotatable bonds is 4. The average Bonchev–Trinajstić information content (AvgIpc) is 2.62. The van der Waals surface area contributed by atoms with Gasteiger partial charge in [0.1, 0.15) is 0 Å². The lowest BCUT2D eigenvalue weighted by molar-refractivity contribution is 0.427. The van der Waals surface area contributed by atoms with E-state index >= 15 is 0 Å². The molecule has 2 atom stereocenters. The van der Waals surface area contributed by atoms with Crippen LogP contribution in [0, 0.1) is 11.3 Å². The van der Waals surface area contributed by atoms with Gasteiger partial charge in [-0.05, 0) is 31.2 Å². The predicted molar refractivity (Wildman–Crippen MR) is 60.6 cm³/mol. The van der Waals surface area contributed by atoms with Gasteiger partial charge in [0, 0.05) is 17.1 Å². The summed E-state index contributed by atoms with van der Waals surface area (Å²) in [6.07, 6.45) is 4.48. The topological polar surface area (TPSA) is 24.9 Å². The van der Waals surface area contributed by atoms with Crippen molar-refractivity contribution in [3.63, 3.8) is 0 Å². The van der Waals surface area contributed by atoms with E-state index in [2.05, 4.69) is 31.2 Å². The van der Waals surface area contributed by atoms with Crippen molar-refractivity contribution in [1.29, 1.82) is 0 Å². The van der Waals surface area contributed by atoms with Gasteiger partial charge in [-0.2, -0.15) is 0 Å². The Bertz CT molecular complexity index is 292. The van der Waals surface area contributed by atoms with E-state index in [1.807, 2.05) is 11.7 Å². The van der Waals surface area contributed by atoms with Crippen LogP contribution in [0.15, 0.2) is 11.7 Å². The molecule has 3 heteroatoms. The SMILES string of the molecule is CNC(Cc1cncs1)C1CC1(C)C. The standard InChI is InChI=1S/C11H18N2S/c1-11(2)5-9(11)10(12-3)4-8-6-13-7-14-8/h6-7,9-10,12H,4-5H2,1-3H3. The van der Waals surface area contributed by atoms with Gasteiger partial charge in [0.05, 0.1) is 5.51 Å². The van der Waals surface area contributed by atoms with Crippen LogP contribution in [0.4, 0.5) is 0 Å². The van der Waals surface area contributed by atoms with Gasteiger partial charge >= 0.3 is 0 Å². The highest BCUT2D eigenvalue weighted by Crippen LogP contribution is 2.54. The molecule has 1 saturated carbocycles. The second-order valence-electron chi connectivity index (χ2n) is 4.87. The van der Waals surface area contributed by atoms with Crippen molar-refractivity contribution in [1.82, 2.24) is 10.3 Å². The van der Waals surface area contributed by atoms with E-state index in [9.17, 15) is 0 Å². The number of hydrogen-bond acceptors (Lipinski definition) is 3. The summed E-state index contributed by atoms with van der Waals surface area (Å²) in [7, 11) is 2.07. The van der Waals surface area contributed by atoms with Gasteiger partial charge in [0.15, 0.2) is 0 Å². The van der Waals surface area contributed by atoms with Crippen LogP contribution in [0.25, 0.3) is 0 Å². The summed E-state index contributed by atoms with van der Waals surface area (Å²) in [4.78, 5) is 5.51. The quantitative estimate of drug-likeness (QED) is 0.825. The molecule has 14 heavy (non-hydrogen) atoms. The molecule has 78 valence electrons. The molecule has 1 aromatic rings. The van der Waals surface area contributed by atoms with Crippen LogP contribution in [-0.2, 0) is 6.42 Å². The number of aromatic nitrogens is 1. The Balaban J connectivity index is 1.95. The maximum atomic E-state index is 4.12. The normalized spacial score (nSPS) is 26.1. The second-order valence-corrected chi connectivity index (χ2v) is 5.84. The molecule has 1 N–H and O–H groups in total. The largest absolute Gasteiger partial charge is 0.316 e. The van der Waals surface area contributed by atoms with Gasteiger partial charge in [-0.15, -0.1) is 11.3 Å². The molecule has 0 aromatic carbocycles. The second kappa shape index (κ2) is 3.63. The molecular formula is C11H18N2S. The van der Waals surface area contributed by atoms with Crippen molar-refractivity contribution in [3.8, 4) is 0 Å². The summed E-state index contributed by atoms with van der Waals surface area (Å²) in [6.45, 7) is 4.71. The molecule has 0 aliphatic heterocycles. The average molecular weight is 210 g/mol. The lowest BCUT2D eigenvalue weighted by Crippen LogP contribution is -2.31. The minimum absolute atomic E-state index is 0.554. The Hall–Kier alpha value is -0.410. The minimum atomic E-state index is 0.554. The Kier molecular flexibility index (Phi) is 2.62. The van der Waals surface area contributed by atoms with E-state index in [0.717, 1.165) is 12.3 Å². The lowest BCUT2D eigenvalue weighted by Gasteiger charge is -2.16. The van der Waals surface area contributed by atoms with Crippen LogP contribution in [0.5, 0.6) is 0 Å². The summed E-state index contributed by atoms with van der Waals surface area (Å²) in [5, 5.41) is 3.44. The van der Waals surface area contributed by atoms with E-state index in [-0.39, 0.29) is 0 Å². The molecule has 2 unspecified atom stereocenters. The first kappa shape index (κ1) is 10.1. The molecule has 0 radical (unpaired) electrons. The van der Waals surface area contributed by atoms with E-state index in [1.165, 1.54) is 11.3 Å². The van der Waals surface area contributed by atoms with Crippen molar-refractivity contribution in [2.75, 3.05) is 7.05 Å². The summed E-state index contributed by atoms with van der Waals surface area (Å²) < 4.78 is 0. The molecular weight excluding hydrogens is 192 g/mol. The highest BCUT2D eigenvalue weighted by molar-refractivity contribution is 7.09. The van der Waals surface area contributed by atoms with Gasteiger partial charge in [0.2, 0.25) is 0 Å². The predicted octanol–water partition coefficient (Wildman–Crippen LogP) is 2.32. The third-order valence-electron chi connectivity index (χ3n) is 3.35. The van der Waals surface area contributed by atoms with Crippen LogP contribution >= 0.6 is 11.3 Å². The molecule has 1 aromatic heterocycles. The summed E-state index contributed by atoms with van der Waals surface area (Å²) in [5.41, 5.74) is 2.47. The van der Waals surface area contributed by atoms with Crippen LogP contribution in [0.3, 0.4) is 0 Å². The molecule has 0 saturated heterocycles. The number of nitrogens with zero attached hydrogens (tertiary/aromatic N) is 1. The number of hydrogen-bond donors (Lipinski definition) is 1.